The summed E-state index contributed by atoms with van der Waals surface area (Å²) >= 11 is 7.82. The fourth-order valence-corrected chi connectivity index (χ4v) is 4.34. The minimum Gasteiger partial charge on any atom is -0.354 e. The Kier molecular flexibility index (Phi) is 7.69. The van der Waals surface area contributed by atoms with Gasteiger partial charge in [-0.3, -0.25) is 9.89 Å². The summed E-state index contributed by atoms with van der Waals surface area (Å²) in [6.07, 6.45) is 2.17. The molecule has 2 N–H and O–H groups in total. The first-order chi connectivity index (χ1) is 13.9. The maximum Gasteiger partial charge on any atom is 0.191 e. The predicted octanol–water partition coefficient (Wildman–Crippen LogP) is 3.33. The second kappa shape index (κ2) is 10.2. The summed E-state index contributed by atoms with van der Waals surface area (Å²) in [5.74, 6) is 0.473. The summed E-state index contributed by atoms with van der Waals surface area (Å²) in [7, 11) is 5.76. The van der Waals surface area contributed by atoms with Crippen molar-refractivity contribution in [1.82, 2.24) is 20.5 Å². The first kappa shape index (κ1) is 21.8. The van der Waals surface area contributed by atoms with Crippen LogP contribution in [0.3, 0.4) is 0 Å². The van der Waals surface area contributed by atoms with Gasteiger partial charge in [-0.1, -0.05) is 17.7 Å². The fraction of sp³-hybridized carbons (Fsp3) is 0.500. The number of aromatic nitrogens is 1. The lowest BCUT2D eigenvalue weighted by Gasteiger charge is -2.34. The van der Waals surface area contributed by atoms with E-state index in [1.807, 2.05) is 19.0 Å². The number of likely N-dealkylation sites (tertiary alicyclic amines) is 1. The average molecular weight is 439 g/mol. The van der Waals surface area contributed by atoms with Gasteiger partial charge in [0.05, 0.1) is 12.2 Å². The molecule has 0 radical (unpaired) electrons. The molecule has 29 heavy (non-hydrogen) atoms. The van der Waals surface area contributed by atoms with Gasteiger partial charge in [0.25, 0.3) is 0 Å². The van der Waals surface area contributed by atoms with E-state index in [-0.39, 0.29) is 5.82 Å². The summed E-state index contributed by atoms with van der Waals surface area (Å²) < 4.78 is 13.3. The number of rotatable bonds is 6. The van der Waals surface area contributed by atoms with Gasteiger partial charge in [0.1, 0.15) is 5.82 Å². The normalized spacial score (nSPS) is 18.0. The Morgan fingerprint density at radius 1 is 1.45 bits per heavy atom. The molecule has 1 saturated heterocycles. The van der Waals surface area contributed by atoms with E-state index in [2.05, 4.69) is 30.9 Å². The van der Waals surface area contributed by atoms with Crippen LogP contribution in [-0.4, -0.2) is 56.1 Å². The second-order valence-electron chi connectivity index (χ2n) is 7.40. The van der Waals surface area contributed by atoms with E-state index in [1.54, 1.807) is 24.5 Å². The van der Waals surface area contributed by atoms with E-state index in [4.69, 9.17) is 11.6 Å². The summed E-state index contributed by atoms with van der Waals surface area (Å²) in [6, 6.07) is 4.90. The van der Waals surface area contributed by atoms with Crippen molar-refractivity contribution in [1.29, 1.82) is 0 Å². The molecule has 0 spiro atoms. The molecule has 158 valence electrons. The zero-order valence-corrected chi connectivity index (χ0v) is 18.7. The second-order valence-corrected chi connectivity index (χ2v) is 8.64. The lowest BCUT2D eigenvalue weighted by atomic mass is 10.0. The number of hydrogen-bond donors (Lipinski definition) is 2. The van der Waals surface area contributed by atoms with Crippen LogP contribution in [0.5, 0.6) is 0 Å². The maximum absolute atomic E-state index is 13.3. The van der Waals surface area contributed by atoms with Gasteiger partial charge in [-0.15, -0.1) is 11.3 Å². The Labute approximate surface area is 180 Å². The van der Waals surface area contributed by atoms with E-state index in [9.17, 15) is 4.39 Å². The topological polar surface area (TPSA) is 55.8 Å². The minimum atomic E-state index is -0.301. The number of aliphatic imine (C=N–C) groups is 1. The smallest absolute Gasteiger partial charge is 0.191 e. The van der Waals surface area contributed by atoms with Crippen LogP contribution in [0.2, 0.25) is 5.02 Å². The molecule has 1 aliphatic heterocycles. The molecule has 9 heteroatoms. The van der Waals surface area contributed by atoms with Gasteiger partial charge in [0.15, 0.2) is 11.1 Å². The van der Waals surface area contributed by atoms with Gasteiger partial charge in [0, 0.05) is 50.7 Å². The highest BCUT2D eigenvalue weighted by Gasteiger charge is 2.21. The van der Waals surface area contributed by atoms with E-state index in [0.29, 0.717) is 17.6 Å². The van der Waals surface area contributed by atoms with Crippen molar-refractivity contribution in [2.45, 2.75) is 32.0 Å². The number of piperidine rings is 1. The average Bonchev–Trinajstić information content (AvgIpc) is 3.17. The highest BCUT2D eigenvalue weighted by Crippen LogP contribution is 2.21. The fourth-order valence-electron chi connectivity index (χ4n) is 3.35. The van der Waals surface area contributed by atoms with Gasteiger partial charge < -0.3 is 15.5 Å². The van der Waals surface area contributed by atoms with E-state index in [1.165, 1.54) is 12.1 Å². The molecule has 1 aromatic carbocycles. The summed E-state index contributed by atoms with van der Waals surface area (Å²) in [5.41, 5.74) is 1.95. The molecule has 1 aromatic heterocycles. The molecule has 1 atom stereocenters. The van der Waals surface area contributed by atoms with E-state index < -0.39 is 0 Å². The van der Waals surface area contributed by atoms with Crippen molar-refractivity contribution in [2.24, 2.45) is 4.99 Å². The highest BCUT2D eigenvalue weighted by atomic mass is 35.5. The maximum atomic E-state index is 13.3. The lowest BCUT2D eigenvalue weighted by Crippen LogP contribution is -2.50. The summed E-state index contributed by atoms with van der Waals surface area (Å²) in [6.45, 7) is 3.24. The van der Waals surface area contributed by atoms with Crippen molar-refractivity contribution < 1.29 is 4.39 Å². The molecular formula is C20H28ClFN6S. The van der Waals surface area contributed by atoms with E-state index in [0.717, 1.165) is 54.8 Å². The van der Waals surface area contributed by atoms with Crippen molar-refractivity contribution >= 4 is 34.0 Å². The number of nitrogens with one attached hydrogen (secondary N) is 2. The first-order valence-electron chi connectivity index (χ1n) is 9.70. The molecule has 6 nitrogen and oxygen atoms in total. The minimum absolute atomic E-state index is 0.293. The van der Waals surface area contributed by atoms with Crippen LogP contribution in [0.1, 0.15) is 24.1 Å². The van der Waals surface area contributed by atoms with Crippen LogP contribution in [0, 0.1) is 5.82 Å². The molecule has 1 fully saturated rings. The molecular weight excluding hydrogens is 411 g/mol. The van der Waals surface area contributed by atoms with Gasteiger partial charge in [-0.2, -0.15) is 0 Å². The Hall–Kier alpha value is -1.90. The number of hydrogen-bond acceptors (Lipinski definition) is 5. The van der Waals surface area contributed by atoms with Gasteiger partial charge in [0.2, 0.25) is 0 Å². The van der Waals surface area contributed by atoms with Crippen molar-refractivity contribution in [3.05, 3.63) is 45.7 Å². The zero-order valence-electron chi connectivity index (χ0n) is 17.1. The molecule has 0 bridgehead atoms. The van der Waals surface area contributed by atoms with Crippen molar-refractivity contribution in [3.8, 4) is 0 Å². The lowest BCUT2D eigenvalue weighted by molar-refractivity contribution is 0.192. The third-order valence-corrected chi connectivity index (χ3v) is 6.25. The Morgan fingerprint density at radius 3 is 2.97 bits per heavy atom. The van der Waals surface area contributed by atoms with Gasteiger partial charge in [-0.05, 0) is 37.1 Å². The van der Waals surface area contributed by atoms with Crippen molar-refractivity contribution in [2.75, 3.05) is 39.1 Å². The predicted molar refractivity (Wildman–Crippen MR) is 119 cm³/mol. The quantitative estimate of drug-likeness (QED) is 0.535. The highest BCUT2D eigenvalue weighted by molar-refractivity contribution is 7.13. The standard InChI is InChI=1S/C20H28ClFN6S/c1-23-19(24-10-17-13-29-20(26-17)27(2)3)25-16-5-4-8-28(12-16)11-14-6-7-15(22)9-18(14)21/h6-7,9,13,16H,4-5,8,10-12H2,1-3H3,(H2,23,24,25). The molecule has 1 aliphatic rings. The number of benzene rings is 1. The molecule has 3 rings (SSSR count). The van der Waals surface area contributed by atoms with Crippen LogP contribution in [0.4, 0.5) is 9.52 Å². The number of halogens is 2. The van der Waals surface area contributed by atoms with Crippen LogP contribution in [0.15, 0.2) is 28.6 Å². The van der Waals surface area contributed by atoms with Crippen LogP contribution < -0.4 is 15.5 Å². The van der Waals surface area contributed by atoms with Crippen LogP contribution >= 0.6 is 22.9 Å². The molecule has 0 saturated carbocycles. The monoisotopic (exact) mass is 438 g/mol. The van der Waals surface area contributed by atoms with E-state index >= 15 is 0 Å². The first-order valence-corrected chi connectivity index (χ1v) is 11.0. The summed E-state index contributed by atoms with van der Waals surface area (Å²) in [5, 5.41) is 10.4. The van der Waals surface area contributed by atoms with Gasteiger partial charge in [-0.25, -0.2) is 9.37 Å². The van der Waals surface area contributed by atoms with Gasteiger partial charge >= 0.3 is 0 Å². The third-order valence-electron chi connectivity index (χ3n) is 4.84. The van der Waals surface area contributed by atoms with Crippen LogP contribution in [0.25, 0.3) is 0 Å². The molecule has 2 aromatic rings. The van der Waals surface area contributed by atoms with Crippen molar-refractivity contribution in [3.63, 3.8) is 0 Å². The number of guanidine groups is 1. The Morgan fingerprint density at radius 2 is 2.28 bits per heavy atom. The molecule has 2 heterocycles. The third kappa shape index (κ3) is 6.29. The Balaban J connectivity index is 1.51. The number of anilines is 1. The number of thiazole rings is 1. The largest absolute Gasteiger partial charge is 0.354 e. The number of nitrogens with zero attached hydrogens (tertiary/aromatic N) is 4. The Bertz CT molecular complexity index is 840. The molecule has 1 unspecified atom stereocenters. The molecule has 0 aliphatic carbocycles. The zero-order chi connectivity index (χ0) is 20.8. The SMILES string of the molecule is CN=C(NCc1csc(N(C)C)n1)NC1CCCN(Cc2ccc(F)cc2Cl)C1. The molecule has 0 amide bonds. The van der Waals surface area contributed by atoms with Crippen LogP contribution in [-0.2, 0) is 13.1 Å². The summed E-state index contributed by atoms with van der Waals surface area (Å²) in [4.78, 5) is 13.3.